The number of ether oxygens (including phenoxy) is 3. The van der Waals surface area contributed by atoms with Crippen LogP contribution >= 0.6 is 15.6 Å². The van der Waals surface area contributed by atoms with Crippen LogP contribution in [-0.4, -0.2) is 95.9 Å². The van der Waals surface area contributed by atoms with Gasteiger partial charge in [0.1, 0.15) is 25.4 Å². The molecule has 0 aliphatic carbocycles. The number of unbranched alkanes of at least 4 members (excludes halogenated alkanes) is 27. The van der Waals surface area contributed by atoms with Gasteiger partial charge in [0, 0.05) is 19.3 Å². The standard InChI is InChI=1S/C87H146O16P2/c1-4-7-10-13-16-19-22-25-28-31-34-36-38-40-42-44-47-49-52-55-58-61-64-67-70-73-85(90)97-76-82(88)77-99-104(93,94)100-78-83(89)79-101-105(95,96)102-81-84(103-87(92)75-72-69-66-63-60-57-54-51-46-33-30-27-24-21-18-15-12-9-6-3)80-98-86(91)74-71-68-65-62-59-56-53-50-48-45-43-41-39-37-35-32-29-26-23-20-17-14-11-8-5-2/h7,10,16-21,25-30,34-37,40-43,46-47,49,51,82-84,88-89H,4-6,8-9,11-15,22-24,31-33,38-39,44-45,48,50,52-81H2,1-3H3,(H,93,94)(H,95,96)/b10-7-,19-16-,20-17-,21-18-,28-25-,29-26-,30-27-,36-34-,37-35-,42-40-,43-41-,49-47-,51-46-. The predicted octanol–water partition coefficient (Wildman–Crippen LogP) is 24.2. The molecule has 0 bridgehead atoms. The molecule has 0 aromatic rings. The first-order chi connectivity index (χ1) is 51.2. The fourth-order valence-electron chi connectivity index (χ4n) is 10.5. The third kappa shape index (κ3) is 80.0. The second kappa shape index (κ2) is 78.7. The van der Waals surface area contributed by atoms with Crippen LogP contribution in [0.4, 0.5) is 0 Å². The van der Waals surface area contributed by atoms with Crippen LogP contribution in [0.25, 0.3) is 0 Å². The first kappa shape index (κ1) is 100. The summed E-state index contributed by atoms with van der Waals surface area (Å²) in [5.41, 5.74) is 0. The Balaban J connectivity index is 4.70. The number of aliphatic hydroxyl groups is 2. The molecule has 105 heavy (non-hydrogen) atoms. The molecule has 0 saturated carbocycles. The molecule has 0 fully saturated rings. The van der Waals surface area contributed by atoms with Crippen molar-refractivity contribution in [3.8, 4) is 0 Å². The van der Waals surface area contributed by atoms with Crippen molar-refractivity contribution in [2.24, 2.45) is 0 Å². The van der Waals surface area contributed by atoms with Crippen LogP contribution in [0.2, 0.25) is 0 Å². The molecule has 0 radical (unpaired) electrons. The lowest BCUT2D eigenvalue weighted by molar-refractivity contribution is -0.161. The molecule has 0 aliphatic rings. The number of aliphatic hydroxyl groups excluding tert-OH is 2. The second-order valence-corrected chi connectivity index (χ2v) is 29.7. The molecule has 0 rings (SSSR count). The molecule has 0 aromatic heterocycles. The average Bonchev–Trinajstić information content (AvgIpc) is 0.923. The number of hydrogen-bond acceptors (Lipinski definition) is 14. The van der Waals surface area contributed by atoms with Crippen molar-refractivity contribution in [1.29, 1.82) is 0 Å². The third-order valence-corrected chi connectivity index (χ3v) is 18.6. The van der Waals surface area contributed by atoms with E-state index in [1.54, 1.807) is 0 Å². The van der Waals surface area contributed by atoms with E-state index in [2.05, 4.69) is 179 Å². The minimum Gasteiger partial charge on any atom is -0.463 e. The van der Waals surface area contributed by atoms with E-state index in [1.807, 2.05) is 0 Å². The van der Waals surface area contributed by atoms with E-state index in [1.165, 1.54) is 70.6 Å². The van der Waals surface area contributed by atoms with Crippen molar-refractivity contribution in [3.63, 3.8) is 0 Å². The van der Waals surface area contributed by atoms with Gasteiger partial charge in [-0.25, -0.2) is 9.13 Å². The quantitative estimate of drug-likeness (QED) is 0.0146. The number of phosphoric ester groups is 2. The number of hydrogen-bond donors (Lipinski definition) is 4. The molecule has 4 N–H and O–H groups in total. The molecule has 0 amide bonds. The van der Waals surface area contributed by atoms with Crippen LogP contribution in [0.5, 0.6) is 0 Å². The lowest BCUT2D eigenvalue weighted by Crippen LogP contribution is -2.30. The van der Waals surface area contributed by atoms with Gasteiger partial charge in [-0.15, -0.1) is 0 Å². The molecule has 0 spiro atoms. The van der Waals surface area contributed by atoms with Gasteiger partial charge >= 0.3 is 33.6 Å². The minimum atomic E-state index is -4.95. The van der Waals surface area contributed by atoms with Gasteiger partial charge in [0.15, 0.2) is 6.10 Å². The van der Waals surface area contributed by atoms with Gasteiger partial charge < -0.3 is 34.2 Å². The molecule has 0 heterocycles. The summed E-state index contributed by atoms with van der Waals surface area (Å²) >= 11 is 0. The molecule has 0 aliphatic heterocycles. The largest absolute Gasteiger partial charge is 0.472 e. The maximum atomic E-state index is 13.0. The first-order valence-electron chi connectivity index (χ1n) is 40.8. The highest BCUT2D eigenvalue weighted by molar-refractivity contribution is 7.47. The van der Waals surface area contributed by atoms with Crippen molar-refractivity contribution in [1.82, 2.24) is 0 Å². The average molecular weight is 1510 g/mol. The molecule has 18 heteroatoms. The van der Waals surface area contributed by atoms with E-state index in [9.17, 15) is 43.5 Å². The summed E-state index contributed by atoms with van der Waals surface area (Å²) in [6, 6.07) is 0. The van der Waals surface area contributed by atoms with Gasteiger partial charge in [-0.3, -0.25) is 32.5 Å². The van der Waals surface area contributed by atoms with Gasteiger partial charge in [0.2, 0.25) is 0 Å². The molecule has 16 nitrogen and oxygen atoms in total. The van der Waals surface area contributed by atoms with Crippen molar-refractivity contribution in [3.05, 3.63) is 158 Å². The van der Waals surface area contributed by atoms with E-state index in [0.29, 0.717) is 19.3 Å². The Morgan fingerprint density at radius 1 is 0.276 bits per heavy atom. The number of rotatable bonds is 76. The zero-order valence-electron chi connectivity index (χ0n) is 65.6. The highest BCUT2D eigenvalue weighted by atomic mass is 31.2. The van der Waals surface area contributed by atoms with Crippen LogP contribution in [0.15, 0.2) is 158 Å². The lowest BCUT2D eigenvalue weighted by Gasteiger charge is -2.21. The van der Waals surface area contributed by atoms with Gasteiger partial charge in [0.25, 0.3) is 0 Å². The minimum absolute atomic E-state index is 0.0839. The Morgan fingerprint density at radius 3 is 0.800 bits per heavy atom. The van der Waals surface area contributed by atoms with Crippen LogP contribution in [0.1, 0.15) is 316 Å². The zero-order chi connectivity index (χ0) is 76.6. The van der Waals surface area contributed by atoms with Gasteiger partial charge in [-0.05, 0) is 154 Å². The van der Waals surface area contributed by atoms with Gasteiger partial charge in [-0.2, -0.15) is 0 Å². The van der Waals surface area contributed by atoms with E-state index in [0.717, 1.165) is 186 Å². The predicted molar refractivity (Wildman–Crippen MR) is 435 cm³/mol. The summed E-state index contributed by atoms with van der Waals surface area (Å²) < 4.78 is 61.2. The fourth-order valence-corrected chi connectivity index (χ4v) is 12.1. The highest BCUT2D eigenvalue weighted by Crippen LogP contribution is 2.45. The van der Waals surface area contributed by atoms with Crippen LogP contribution in [0, 0.1) is 0 Å². The molecule has 0 aromatic carbocycles. The Morgan fingerprint density at radius 2 is 0.505 bits per heavy atom. The van der Waals surface area contributed by atoms with E-state index < -0.39 is 91.5 Å². The van der Waals surface area contributed by atoms with E-state index >= 15 is 0 Å². The summed E-state index contributed by atoms with van der Waals surface area (Å²) in [5, 5.41) is 20.7. The Labute approximate surface area is 638 Å². The van der Waals surface area contributed by atoms with Gasteiger partial charge in [0.05, 0.1) is 26.4 Å². The molecular formula is C87H146O16P2. The molecule has 0 saturated heterocycles. The smallest absolute Gasteiger partial charge is 0.463 e. The van der Waals surface area contributed by atoms with Crippen LogP contribution in [-0.2, 0) is 55.8 Å². The second-order valence-electron chi connectivity index (χ2n) is 26.8. The molecule has 600 valence electrons. The number of phosphoric acid groups is 2. The Bertz CT molecular complexity index is 2540. The van der Waals surface area contributed by atoms with Crippen molar-refractivity contribution in [2.75, 3.05) is 39.6 Å². The Kier molecular flexibility index (Phi) is 75.1. The summed E-state index contributed by atoms with van der Waals surface area (Å²) in [5.74, 6) is -1.61. The lowest BCUT2D eigenvalue weighted by atomic mass is 10.1. The highest BCUT2D eigenvalue weighted by Gasteiger charge is 2.29. The zero-order valence-corrected chi connectivity index (χ0v) is 67.4. The maximum Gasteiger partial charge on any atom is 0.472 e. The van der Waals surface area contributed by atoms with Crippen LogP contribution < -0.4 is 0 Å². The van der Waals surface area contributed by atoms with Gasteiger partial charge in [-0.1, -0.05) is 301 Å². The maximum absolute atomic E-state index is 13.0. The van der Waals surface area contributed by atoms with Crippen molar-refractivity contribution < 1.29 is 75.8 Å². The number of allylic oxidation sites excluding steroid dienone is 26. The summed E-state index contributed by atoms with van der Waals surface area (Å²) in [7, 11) is -9.81. The summed E-state index contributed by atoms with van der Waals surface area (Å²) in [6.07, 6.45) is 98.4. The van der Waals surface area contributed by atoms with E-state index in [4.69, 9.17) is 32.3 Å². The molecule has 5 unspecified atom stereocenters. The topological polar surface area (TPSA) is 231 Å². The SMILES string of the molecule is CC/C=C\C/C=C\C/C=C\C/C=C\C/C=C\C/C=C\CCCCCCCCC(=O)OCC(O)COP(=O)(O)OCC(O)COP(=O)(O)OCC(COC(=O)CCCCCCCCCCC/C=C\C/C=C\C/C=C\C/C=C\CCCCC)OC(=O)CCCCCCCC/C=C\C/C=C\C/C=C\CCCCC. The summed E-state index contributed by atoms with van der Waals surface area (Å²) in [6.45, 7) is 2.48. The number of carbonyl (C=O) groups excluding carboxylic acids is 3. The van der Waals surface area contributed by atoms with Crippen LogP contribution in [0.3, 0.4) is 0 Å². The first-order valence-corrected chi connectivity index (χ1v) is 43.8. The molecule has 5 atom stereocenters. The summed E-state index contributed by atoms with van der Waals surface area (Å²) in [4.78, 5) is 58.8. The van der Waals surface area contributed by atoms with Crippen molar-refractivity contribution >= 4 is 33.6 Å². The number of carbonyl (C=O) groups is 3. The fraction of sp³-hybridized carbons (Fsp3) is 0.667. The Hall–Kier alpha value is -4.83. The normalized spacial score (nSPS) is 14.8. The van der Waals surface area contributed by atoms with E-state index in [-0.39, 0.29) is 19.3 Å². The monoisotopic (exact) mass is 1510 g/mol. The number of esters is 3. The molecular weight excluding hydrogens is 1360 g/mol. The van der Waals surface area contributed by atoms with Crippen molar-refractivity contribution in [2.45, 2.75) is 334 Å². The third-order valence-electron chi connectivity index (χ3n) is 16.7.